The van der Waals surface area contributed by atoms with Crippen molar-refractivity contribution in [3.8, 4) is 0 Å². The summed E-state index contributed by atoms with van der Waals surface area (Å²) in [5.74, 6) is -0.790. The van der Waals surface area contributed by atoms with E-state index in [1.807, 2.05) is 0 Å². The van der Waals surface area contributed by atoms with E-state index in [1.165, 1.54) is 0 Å². The van der Waals surface area contributed by atoms with Gasteiger partial charge in [-0.3, -0.25) is 10.1 Å². The molecular weight excluding hydrogens is 166 g/mol. The van der Waals surface area contributed by atoms with Crippen molar-refractivity contribution in [2.75, 3.05) is 0 Å². The van der Waals surface area contributed by atoms with Gasteiger partial charge in [-0.05, 0) is 26.7 Å². The zero-order valence-electron chi connectivity index (χ0n) is 9.05. The van der Waals surface area contributed by atoms with Crippen molar-refractivity contribution in [2.24, 2.45) is 0 Å². The van der Waals surface area contributed by atoms with Crippen LogP contribution < -0.4 is 5.32 Å². The van der Waals surface area contributed by atoms with E-state index in [4.69, 9.17) is 5.11 Å². The highest BCUT2D eigenvalue weighted by Crippen LogP contribution is 2.09. The molecule has 0 radical (unpaired) electrons. The molecule has 0 aromatic rings. The molecule has 78 valence electrons. The maximum absolute atomic E-state index is 10.8. The lowest BCUT2D eigenvalue weighted by Gasteiger charge is -2.27. The van der Waals surface area contributed by atoms with E-state index in [-0.39, 0.29) is 0 Å². The van der Waals surface area contributed by atoms with Crippen LogP contribution in [0.25, 0.3) is 0 Å². The molecule has 0 rings (SSSR count). The van der Waals surface area contributed by atoms with Crippen LogP contribution in [-0.4, -0.2) is 22.7 Å². The van der Waals surface area contributed by atoms with E-state index < -0.39 is 11.5 Å². The molecule has 0 bridgehead atoms. The van der Waals surface area contributed by atoms with Crippen molar-refractivity contribution in [3.63, 3.8) is 0 Å². The molecule has 3 nitrogen and oxygen atoms in total. The van der Waals surface area contributed by atoms with Crippen LogP contribution in [0.15, 0.2) is 0 Å². The van der Waals surface area contributed by atoms with Gasteiger partial charge in [0.25, 0.3) is 0 Å². The Kier molecular flexibility index (Phi) is 4.99. The molecule has 1 atom stereocenters. The standard InChI is InChI=1S/C10H21NO2/c1-5-7-8(6-2)11-10(3,4)9(12)13/h8,11H,5-7H2,1-4H3,(H,12,13). The number of rotatable bonds is 6. The third-order valence-electron chi connectivity index (χ3n) is 2.23. The highest BCUT2D eigenvalue weighted by molar-refractivity contribution is 5.77. The molecule has 0 aliphatic rings. The molecular formula is C10H21NO2. The number of carbonyl (C=O) groups is 1. The molecule has 0 saturated heterocycles. The Morgan fingerprint density at radius 2 is 2.00 bits per heavy atom. The molecule has 0 aromatic carbocycles. The minimum atomic E-state index is -0.810. The Balaban J connectivity index is 4.13. The number of hydrogen-bond donors (Lipinski definition) is 2. The van der Waals surface area contributed by atoms with Crippen LogP contribution in [0.1, 0.15) is 47.0 Å². The topological polar surface area (TPSA) is 49.3 Å². The molecule has 13 heavy (non-hydrogen) atoms. The first-order valence-corrected chi connectivity index (χ1v) is 4.95. The molecule has 3 heteroatoms. The van der Waals surface area contributed by atoms with Gasteiger partial charge in [0.1, 0.15) is 5.54 Å². The van der Waals surface area contributed by atoms with Crippen LogP contribution in [0.3, 0.4) is 0 Å². The van der Waals surface area contributed by atoms with Crippen molar-refractivity contribution in [2.45, 2.75) is 58.5 Å². The fourth-order valence-corrected chi connectivity index (χ4v) is 1.30. The number of carboxylic acid groups (broad SMARTS) is 1. The summed E-state index contributed by atoms with van der Waals surface area (Å²) in [5.41, 5.74) is -0.810. The van der Waals surface area contributed by atoms with Crippen LogP contribution in [-0.2, 0) is 4.79 Å². The third-order valence-corrected chi connectivity index (χ3v) is 2.23. The van der Waals surface area contributed by atoms with Crippen molar-refractivity contribution in [1.82, 2.24) is 5.32 Å². The van der Waals surface area contributed by atoms with Crippen molar-refractivity contribution >= 4 is 5.97 Å². The van der Waals surface area contributed by atoms with Gasteiger partial charge in [0.2, 0.25) is 0 Å². The Bertz CT molecular complexity index is 166. The number of hydrogen-bond acceptors (Lipinski definition) is 2. The summed E-state index contributed by atoms with van der Waals surface area (Å²) < 4.78 is 0. The summed E-state index contributed by atoms with van der Waals surface area (Å²) in [5, 5.41) is 12.0. The average molecular weight is 187 g/mol. The largest absolute Gasteiger partial charge is 0.480 e. The zero-order valence-corrected chi connectivity index (χ0v) is 9.05. The summed E-state index contributed by atoms with van der Waals surface area (Å²) in [7, 11) is 0. The number of aliphatic carboxylic acids is 1. The minimum Gasteiger partial charge on any atom is -0.480 e. The molecule has 0 amide bonds. The maximum Gasteiger partial charge on any atom is 0.323 e. The lowest BCUT2D eigenvalue weighted by molar-refractivity contribution is -0.143. The minimum absolute atomic E-state index is 0.316. The molecule has 0 aliphatic heterocycles. The van der Waals surface area contributed by atoms with E-state index in [0.29, 0.717) is 6.04 Å². The first-order chi connectivity index (χ1) is 5.94. The normalized spacial score (nSPS) is 14.2. The van der Waals surface area contributed by atoms with Gasteiger partial charge < -0.3 is 5.11 Å². The Morgan fingerprint density at radius 1 is 1.46 bits per heavy atom. The van der Waals surface area contributed by atoms with Crippen molar-refractivity contribution in [1.29, 1.82) is 0 Å². The third kappa shape index (κ3) is 4.27. The van der Waals surface area contributed by atoms with Gasteiger partial charge in [0.05, 0.1) is 0 Å². The summed E-state index contributed by atoms with van der Waals surface area (Å²) in [4.78, 5) is 10.8. The van der Waals surface area contributed by atoms with E-state index in [1.54, 1.807) is 13.8 Å². The smallest absolute Gasteiger partial charge is 0.323 e. The zero-order chi connectivity index (χ0) is 10.5. The van der Waals surface area contributed by atoms with Crippen LogP contribution >= 0.6 is 0 Å². The first kappa shape index (κ1) is 12.4. The second-order valence-electron chi connectivity index (χ2n) is 3.97. The number of nitrogens with one attached hydrogen (secondary N) is 1. The monoisotopic (exact) mass is 187 g/mol. The van der Waals surface area contributed by atoms with E-state index in [0.717, 1.165) is 19.3 Å². The first-order valence-electron chi connectivity index (χ1n) is 4.95. The Hall–Kier alpha value is -0.570. The van der Waals surface area contributed by atoms with E-state index in [2.05, 4.69) is 19.2 Å². The second kappa shape index (κ2) is 5.22. The fourth-order valence-electron chi connectivity index (χ4n) is 1.30. The van der Waals surface area contributed by atoms with E-state index in [9.17, 15) is 4.79 Å². The average Bonchev–Trinajstić information content (AvgIpc) is 2.03. The highest BCUT2D eigenvalue weighted by atomic mass is 16.4. The molecule has 0 aliphatic carbocycles. The fraction of sp³-hybridized carbons (Fsp3) is 0.900. The SMILES string of the molecule is CCCC(CC)NC(C)(C)C(=O)O. The predicted molar refractivity (Wildman–Crippen MR) is 53.8 cm³/mol. The van der Waals surface area contributed by atoms with Crippen molar-refractivity contribution in [3.05, 3.63) is 0 Å². The lowest BCUT2D eigenvalue weighted by Crippen LogP contribution is -2.51. The molecule has 0 fully saturated rings. The molecule has 0 saturated carbocycles. The Labute approximate surface area is 80.5 Å². The second-order valence-corrected chi connectivity index (χ2v) is 3.97. The maximum atomic E-state index is 10.8. The van der Waals surface area contributed by atoms with Crippen molar-refractivity contribution < 1.29 is 9.90 Å². The molecule has 2 N–H and O–H groups in total. The molecule has 0 heterocycles. The predicted octanol–water partition coefficient (Wildman–Crippen LogP) is 2.02. The van der Waals surface area contributed by atoms with Crippen LogP contribution in [0, 0.1) is 0 Å². The van der Waals surface area contributed by atoms with Crippen LogP contribution in [0.4, 0.5) is 0 Å². The summed E-state index contributed by atoms with van der Waals surface area (Å²) in [6, 6.07) is 0.316. The van der Waals surface area contributed by atoms with Gasteiger partial charge in [-0.15, -0.1) is 0 Å². The highest BCUT2D eigenvalue weighted by Gasteiger charge is 2.28. The summed E-state index contributed by atoms with van der Waals surface area (Å²) in [6.45, 7) is 7.59. The molecule has 0 aromatic heterocycles. The van der Waals surface area contributed by atoms with Gasteiger partial charge >= 0.3 is 5.97 Å². The summed E-state index contributed by atoms with van der Waals surface area (Å²) in [6.07, 6.45) is 3.10. The molecule has 1 unspecified atom stereocenters. The quantitative estimate of drug-likeness (QED) is 0.668. The summed E-state index contributed by atoms with van der Waals surface area (Å²) >= 11 is 0. The van der Waals surface area contributed by atoms with Crippen LogP contribution in [0.5, 0.6) is 0 Å². The van der Waals surface area contributed by atoms with Gasteiger partial charge in [0.15, 0.2) is 0 Å². The van der Waals surface area contributed by atoms with Gasteiger partial charge in [-0.1, -0.05) is 20.3 Å². The Morgan fingerprint density at radius 3 is 2.31 bits per heavy atom. The van der Waals surface area contributed by atoms with Gasteiger partial charge in [-0.2, -0.15) is 0 Å². The van der Waals surface area contributed by atoms with E-state index >= 15 is 0 Å². The number of carboxylic acids is 1. The lowest BCUT2D eigenvalue weighted by atomic mass is 10.0. The van der Waals surface area contributed by atoms with Gasteiger partial charge in [-0.25, -0.2) is 0 Å². The van der Waals surface area contributed by atoms with Crippen LogP contribution in [0.2, 0.25) is 0 Å². The molecule has 0 spiro atoms. The van der Waals surface area contributed by atoms with Gasteiger partial charge in [0, 0.05) is 6.04 Å².